The lowest BCUT2D eigenvalue weighted by Gasteiger charge is -1.56. The van der Waals surface area contributed by atoms with Gasteiger partial charge in [-0.3, -0.25) is 0 Å². The highest BCUT2D eigenvalue weighted by molar-refractivity contribution is 8.93. The van der Waals surface area contributed by atoms with Crippen molar-refractivity contribution in [3.63, 3.8) is 0 Å². The molecule has 0 heterocycles. The molecule has 0 radical (unpaired) electrons. The van der Waals surface area contributed by atoms with Gasteiger partial charge in [-0.1, -0.05) is 0 Å². The number of halogens is 1. The molecular weight excluding hydrogens is 184 g/mol. The first-order valence-corrected chi connectivity index (χ1v) is 2.41. The molecule has 0 unspecified atom stereocenters. The molecule has 9 heavy (non-hydrogen) atoms. The van der Waals surface area contributed by atoms with Gasteiger partial charge in [-0.25, -0.2) is 0 Å². The predicted molar refractivity (Wildman–Crippen MR) is 43.0 cm³/mol. The van der Waals surface area contributed by atoms with Crippen molar-refractivity contribution >= 4 is 28.5 Å². The Kier molecular flexibility index (Phi) is 19.0. The minimum Gasteiger partial charge on any atom is -0.300 e. The molecule has 0 aliphatic heterocycles. The number of carbonyl (C=O) groups excluding carboxylic acids is 2. The van der Waals surface area contributed by atoms with Crippen LogP contribution in [0.25, 0.3) is 0 Å². The van der Waals surface area contributed by atoms with Crippen molar-refractivity contribution in [3.8, 4) is 0 Å². The Morgan fingerprint density at radius 3 is 0.778 bits per heavy atom. The Hall–Kier alpha value is -0.180. The van der Waals surface area contributed by atoms with Gasteiger partial charge in [0.15, 0.2) is 0 Å². The van der Waals surface area contributed by atoms with E-state index < -0.39 is 0 Å². The van der Waals surface area contributed by atoms with Crippen LogP contribution in [0.1, 0.15) is 27.7 Å². The van der Waals surface area contributed by atoms with Crippen LogP contribution in [0.15, 0.2) is 0 Å². The first kappa shape index (κ1) is 15.9. The lowest BCUT2D eigenvalue weighted by molar-refractivity contribution is -0.115. The first-order chi connectivity index (χ1) is 3.46. The molecule has 0 aliphatic carbocycles. The van der Waals surface area contributed by atoms with Crippen molar-refractivity contribution in [2.24, 2.45) is 0 Å². The molecule has 0 aliphatic rings. The fourth-order valence-corrected chi connectivity index (χ4v) is 0. The van der Waals surface area contributed by atoms with Gasteiger partial charge in [0.25, 0.3) is 0 Å². The summed E-state index contributed by atoms with van der Waals surface area (Å²) in [6.07, 6.45) is 0. The molecule has 0 amide bonds. The summed E-state index contributed by atoms with van der Waals surface area (Å²) in [6.45, 7) is 6.11. The van der Waals surface area contributed by atoms with Crippen LogP contribution in [0.4, 0.5) is 0 Å². The van der Waals surface area contributed by atoms with Gasteiger partial charge in [0.05, 0.1) is 0 Å². The summed E-state index contributed by atoms with van der Waals surface area (Å²) in [5.74, 6) is 0.333. The molecule has 0 N–H and O–H groups in total. The lowest BCUT2D eigenvalue weighted by Crippen LogP contribution is -1.69. The standard InChI is InChI=1S/2C3H6O.BrH/c2*1-3(2)4;/h2*1-2H3;1H. The minimum absolute atomic E-state index is 0. The van der Waals surface area contributed by atoms with Crippen LogP contribution in [0, 0.1) is 0 Å². The van der Waals surface area contributed by atoms with Gasteiger partial charge in [-0.15, -0.1) is 17.0 Å². The Morgan fingerprint density at radius 1 is 0.778 bits per heavy atom. The molecule has 0 spiro atoms. The minimum atomic E-state index is 0. The smallest absolute Gasteiger partial charge is 0.126 e. The van der Waals surface area contributed by atoms with E-state index in [-0.39, 0.29) is 28.5 Å². The van der Waals surface area contributed by atoms with Gasteiger partial charge < -0.3 is 9.59 Å². The third-order valence-corrected chi connectivity index (χ3v) is 0. The summed E-state index contributed by atoms with van der Waals surface area (Å²) in [4.78, 5) is 18.9. The molecule has 2 nitrogen and oxygen atoms in total. The summed E-state index contributed by atoms with van der Waals surface area (Å²) in [5.41, 5.74) is 0. The highest BCUT2D eigenvalue weighted by Gasteiger charge is 1.62. The molecular formula is C6H13BrO2. The second kappa shape index (κ2) is 10.7. The summed E-state index contributed by atoms with van der Waals surface area (Å²) in [5, 5.41) is 0. The Morgan fingerprint density at radius 2 is 0.778 bits per heavy atom. The monoisotopic (exact) mass is 196 g/mol. The normalized spacial score (nSPS) is 5.78. The molecule has 56 valence electrons. The second-order valence-electron chi connectivity index (χ2n) is 1.82. The number of ketones is 2. The molecule has 0 aromatic heterocycles. The number of Topliss-reactive ketones (excluding diaryl/α,β-unsaturated/α-hetero) is 2. The number of hydrogen-bond donors (Lipinski definition) is 0. The Bertz CT molecular complexity index is 69.1. The maximum atomic E-state index is 9.44. The van der Waals surface area contributed by atoms with E-state index in [2.05, 4.69) is 0 Å². The van der Waals surface area contributed by atoms with Crippen LogP contribution in [0.3, 0.4) is 0 Å². The zero-order valence-corrected chi connectivity index (χ0v) is 7.94. The fraction of sp³-hybridized carbons (Fsp3) is 0.667. The van der Waals surface area contributed by atoms with Gasteiger partial charge >= 0.3 is 0 Å². The fourth-order valence-electron chi connectivity index (χ4n) is 0. The van der Waals surface area contributed by atoms with Gasteiger partial charge in [0.2, 0.25) is 0 Å². The molecule has 0 saturated heterocycles. The molecule has 0 fully saturated rings. The van der Waals surface area contributed by atoms with E-state index in [4.69, 9.17) is 0 Å². The summed E-state index contributed by atoms with van der Waals surface area (Å²) in [7, 11) is 0. The average molecular weight is 197 g/mol. The predicted octanol–water partition coefficient (Wildman–Crippen LogP) is 1.77. The van der Waals surface area contributed by atoms with Crippen molar-refractivity contribution in [1.82, 2.24) is 0 Å². The highest BCUT2D eigenvalue weighted by atomic mass is 79.9. The third-order valence-electron chi connectivity index (χ3n) is 0. The van der Waals surface area contributed by atoms with E-state index in [1.165, 1.54) is 27.7 Å². The second-order valence-corrected chi connectivity index (χ2v) is 1.82. The molecule has 0 atom stereocenters. The average Bonchev–Trinajstić information content (AvgIpc) is 1.25. The molecule has 0 aromatic carbocycles. The van der Waals surface area contributed by atoms with Crippen molar-refractivity contribution < 1.29 is 9.59 Å². The van der Waals surface area contributed by atoms with Crippen LogP contribution >= 0.6 is 17.0 Å². The Labute approximate surface area is 66.4 Å². The molecule has 0 bridgehead atoms. The third kappa shape index (κ3) is 8180. The van der Waals surface area contributed by atoms with Crippen LogP contribution in [-0.4, -0.2) is 11.6 Å². The zero-order chi connectivity index (χ0) is 7.15. The van der Waals surface area contributed by atoms with Crippen LogP contribution < -0.4 is 0 Å². The van der Waals surface area contributed by atoms with E-state index in [9.17, 15) is 9.59 Å². The summed E-state index contributed by atoms with van der Waals surface area (Å²) >= 11 is 0. The van der Waals surface area contributed by atoms with E-state index in [1.807, 2.05) is 0 Å². The topological polar surface area (TPSA) is 34.1 Å². The summed E-state index contributed by atoms with van der Waals surface area (Å²) < 4.78 is 0. The molecule has 3 heteroatoms. The van der Waals surface area contributed by atoms with Crippen LogP contribution in [-0.2, 0) is 9.59 Å². The maximum Gasteiger partial charge on any atom is 0.126 e. The quantitative estimate of drug-likeness (QED) is 0.593. The van der Waals surface area contributed by atoms with Crippen molar-refractivity contribution in [3.05, 3.63) is 0 Å². The molecule has 0 aromatic rings. The van der Waals surface area contributed by atoms with E-state index in [0.29, 0.717) is 0 Å². The van der Waals surface area contributed by atoms with Gasteiger partial charge in [0, 0.05) is 0 Å². The molecule has 0 rings (SSSR count). The highest BCUT2D eigenvalue weighted by Crippen LogP contribution is 1.50. The largest absolute Gasteiger partial charge is 0.300 e. The van der Waals surface area contributed by atoms with Gasteiger partial charge in [-0.2, -0.15) is 0 Å². The Balaban J connectivity index is -0.0000000720. The zero-order valence-electron chi connectivity index (χ0n) is 6.22. The lowest BCUT2D eigenvalue weighted by atomic mass is 10.6. The SMILES string of the molecule is Br.CC(C)=O.CC(C)=O. The number of carbonyl (C=O) groups is 2. The van der Waals surface area contributed by atoms with Crippen molar-refractivity contribution in [2.75, 3.05) is 0 Å². The number of hydrogen-bond acceptors (Lipinski definition) is 2. The van der Waals surface area contributed by atoms with Crippen LogP contribution in [0.2, 0.25) is 0 Å². The first-order valence-electron chi connectivity index (χ1n) is 2.41. The van der Waals surface area contributed by atoms with Crippen LogP contribution in [0.5, 0.6) is 0 Å². The number of rotatable bonds is 0. The molecule has 0 saturated carbocycles. The maximum absolute atomic E-state index is 9.44. The van der Waals surface area contributed by atoms with Crippen molar-refractivity contribution in [1.29, 1.82) is 0 Å². The van der Waals surface area contributed by atoms with E-state index in [0.717, 1.165) is 0 Å². The van der Waals surface area contributed by atoms with Crippen molar-refractivity contribution in [2.45, 2.75) is 27.7 Å². The van der Waals surface area contributed by atoms with Gasteiger partial charge in [0.1, 0.15) is 11.6 Å². The van der Waals surface area contributed by atoms with E-state index in [1.54, 1.807) is 0 Å². The van der Waals surface area contributed by atoms with Gasteiger partial charge in [-0.05, 0) is 27.7 Å². The summed E-state index contributed by atoms with van der Waals surface area (Å²) in [6, 6.07) is 0. The van der Waals surface area contributed by atoms with E-state index >= 15 is 0 Å².